The van der Waals surface area contributed by atoms with Crippen molar-refractivity contribution in [3.8, 4) is 0 Å². The van der Waals surface area contributed by atoms with Crippen LogP contribution in [0.4, 0.5) is 8.78 Å². The zero-order chi connectivity index (χ0) is 11.0. The van der Waals surface area contributed by atoms with Crippen LogP contribution in [0.5, 0.6) is 0 Å². The van der Waals surface area contributed by atoms with E-state index in [0.29, 0.717) is 10.4 Å². The van der Waals surface area contributed by atoms with Gasteiger partial charge in [-0.1, -0.05) is 0 Å². The molecule has 0 unspecified atom stereocenters. The van der Waals surface area contributed by atoms with Gasteiger partial charge in [-0.05, 0) is 30.0 Å². The predicted octanol–water partition coefficient (Wildman–Crippen LogP) is 3.88. The zero-order valence-electron chi connectivity index (χ0n) is 7.72. The number of nitrogens with zero attached hydrogens (tertiary/aromatic N) is 1. The third kappa shape index (κ3) is 1.81. The summed E-state index contributed by atoms with van der Waals surface area (Å²) in [5, 5.41) is 0.130. The minimum atomic E-state index is -2.55. The maximum atomic E-state index is 12.8. The Bertz CT molecular complexity index is 498. The van der Waals surface area contributed by atoms with E-state index in [1.165, 1.54) is 11.8 Å². The fourth-order valence-electron chi connectivity index (χ4n) is 1.44. The summed E-state index contributed by atoms with van der Waals surface area (Å²) in [7, 11) is 0. The van der Waals surface area contributed by atoms with Crippen LogP contribution < -0.4 is 0 Å². The normalized spacial score (nSPS) is 11.5. The Kier molecular flexibility index (Phi) is 2.84. The van der Waals surface area contributed by atoms with Gasteiger partial charge in [0.25, 0.3) is 6.43 Å². The van der Waals surface area contributed by atoms with Gasteiger partial charge in [-0.3, -0.25) is 0 Å². The Labute approximate surface area is 94.0 Å². The molecule has 0 bridgehead atoms. The van der Waals surface area contributed by atoms with E-state index >= 15 is 0 Å². The Balaban J connectivity index is 2.78. The van der Waals surface area contributed by atoms with Crippen LogP contribution in [0.3, 0.4) is 0 Å². The average molecular weight is 249 g/mol. The molecule has 6 heteroatoms. The molecule has 1 aromatic heterocycles. The van der Waals surface area contributed by atoms with Crippen LogP contribution in [0, 0.1) is 0 Å². The van der Waals surface area contributed by atoms with Crippen LogP contribution in [0.1, 0.15) is 12.0 Å². The molecule has 0 aliphatic rings. The molecule has 0 aliphatic carbocycles. The second-order valence-corrected chi connectivity index (χ2v) is 4.11. The SMILES string of the molecule is CSc1ccc2[nH]c(Cl)nc2c1C(F)F. The number of aromatic nitrogens is 2. The van der Waals surface area contributed by atoms with Gasteiger partial charge < -0.3 is 4.98 Å². The molecule has 0 saturated heterocycles. The van der Waals surface area contributed by atoms with E-state index in [1.54, 1.807) is 18.4 Å². The summed E-state index contributed by atoms with van der Waals surface area (Å²) >= 11 is 6.91. The van der Waals surface area contributed by atoms with Gasteiger partial charge in [0.2, 0.25) is 5.28 Å². The topological polar surface area (TPSA) is 28.7 Å². The summed E-state index contributed by atoms with van der Waals surface area (Å²) in [4.78, 5) is 7.10. The van der Waals surface area contributed by atoms with Gasteiger partial charge in [-0.15, -0.1) is 11.8 Å². The van der Waals surface area contributed by atoms with Crippen LogP contribution in [0.2, 0.25) is 5.28 Å². The van der Waals surface area contributed by atoms with Gasteiger partial charge in [0.05, 0.1) is 16.6 Å². The number of hydrogen-bond acceptors (Lipinski definition) is 2. The molecule has 2 nitrogen and oxygen atoms in total. The first-order chi connectivity index (χ1) is 7.13. The number of aromatic amines is 1. The lowest BCUT2D eigenvalue weighted by atomic mass is 10.2. The zero-order valence-corrected chi connectivity index (χ0v) is 9.29. The maximum absolute atomic E-state index is 12.8. The first kappa shape index (κ1) is 10.7. The quantitative estimate of drug-likeness (QED) is 0.817. The fraction of sp³-hybridized carbons (Fsp3) is 0.222. The summed E-state index contributed by atoms with van der Waals surface area (Å²) in [6.07, 6.45) is -0.795. The number of hydrogen-bond donors (Lipinski definition) is 1. The lowest BCUT2D eigenvalue weighted by molar-refractivity contribution is 0.150. The van der Waals surface area contributed by atoms with Crippen molar-refractivity contribution in [3.63, 3.8) is 0 Å². The highest BCUT2D eigenvalue weighted by atomic mass is 35.5. The molecule has 0 aliphatic heterocycles. The summed E-state index contributed by atoms with van der Waals surface area (Å²) in [5.74, 6) is 0. The number of nitrogens with one attached hydrogen (secondary N) is 1. The molecular weight excluding hydrogens is 242 g/mol. The molecule has 0 amide bonds. The van der Waals surface area contributed by atoms with Gasteiger partial charge in [0, 0.05) is 4.90 Å². The number of halogens is 3. The average Bonchev–Trinajstić information content (AvgIpc) is 2.55. The molecular formula is C9H7ClF2N2S. The van der Waals surface area contributed by atoms with E-state index in [1.807, 2.05) is 0 Å². The van der Waals surface area contributed by atoms with E-state index in [-0.39, 0.29) is 16.4 Å². The van der Waals surface area contributed by atoms with E-state index < -0.39 is 6.43 Å². The monoisotopic (exact) mass is 248 g/mol. The molecule has 0 fully saturated rings. The fourth-order valence-corrected chi connectivity index (χ4v) is 2.23. The van der Waals surface area contributed by atoms with Crippen molar-refractivity contribution in [1.29, 1.82) is 0 Å². The number of imidazole rings is 1. The minimum absolute atomic E-state index is 0.0526. The van der Waals surface area contributed by atoms with Gasteiger partial charge in [0.1, 0.15) is 0 Å². The second kappa shape index (κ2) is 3.98. The van der Waals surface area contributed by atoms with Crippen molar-refractivity contribution in [1.82, 2.24) is 9.97 Å². The first-order valence-electron chi connectivity index (χ1n) is 4.13. The molecule has 2 rings (SSSR count). The number of alkyl halides is 2. The van der Waals surface area contributed by atoms with Crippen molar-refractivity contribution in [2.75, 3.05) is 6.26 Å². The number of H-pyrrole nitrogens is 1. The first-order valence-corrected chi connectivity index (χ1v) is 5.74. The molecule has 15 heavy (non-hydrogen) atoms. The largest absolute Gasteiger partial charge is 0.329 e. The molecule has 1 N–H and O–H groups in total. The third-order valence-corrected chi connectivity index (χ3v) is 3.04. The minimum Gasteiger partial charge on any atom is -0.329 e. The van der Waals surface area contributed by atoms with Crippen molar-refractivity contribution < 1.29 is 8.78 Å². The molecule has 0 spiro atoms. The Hall–Kier alpha value is -0.810. The Morgan fingerprint density at radius 3 is 2.80 bits per heavy atom. The van der Waals surface area contributed by atoms with Crippen LogP contribution in [-0.2, 0) is 0 Å². The van der Waals surface area contributed by atoms with E-state index in [0.717, 1.165) is 0 Å². The van der Waals surface area contributed by atoms with Crippen molar-refractivity contribution >= 4 is 34.4 Å². The Morgan fingerprint density at radius 2 is 2.20 bits per heavy atom. The van der Waals surface area contributed by atoms with Crippen molar-refractivity contribution in [3.05, 3.63) is 23.0 Å². The standard InChI is InChI=1S/C9H7ClF2N2S/c1-15-5-3-2-4-7(6(5)8(11)12)14-9(10)13-4/h2-3,8H,1H3,(H,13,14). The van der Waals surface area contributed by atoms with Crippen LogP contribution >= 0.6 is 23.4 Å². The van der Waals surface area contributed by atoms with Crippen LogP contribution in [-0.4, -0.2) is 16.2 Å². The van der Waals surface area contributed by atoms with Crippen LogP contribution in [0.25, 0.3) is 11.0 Å². The lowest BCUT2D eigenvalue weighted by Crippen LogP contribution is -1.90. The van der Waals surface area contributed by atoms with Crippen LogP contribution in [0.15, 0.2) is 17.0 Å². The lowest BCUT2D eigenvalue weighted by Gasteiger charge is -2.06. The van der Waals surface area contributed by atoms with Gasteiger partial charge >= 0.3 is 0 Å². The highest BCUT2D eigenvalue weighted by Crippen LogP contribution is 2.34. The number of thioether (sulfide) groups is 1. The second-order valence-electron chi connectivity index (χ2n) is 2.91. The molecule has 80 valence electrons. The highest BCUT2D eigenvalue weighted by molar-refractivity contribution is 7.98. The number of rotatable bonds is 2. The molecule has 1 aromatic carbocycles. The van der Waals surface area contributed by atoms with Crippen molar-refractivity contribution in [2.24, 2.45) is 0 Å². The molecule has 0 atom stereocenters. The molecule has 0 saturated carbocycles. The number of fused-ring (bicyclic) bond motifs is 1. The summed E-state index contributed by atoms with van der Waals surface area (Å²) in [6.45, 7) is 0. The highest BCUT2D eigenvalue weighted by Gasteiger charge is 2.19. The van der Waals surface area contributed by atoms with Crippen molar-refractivity contribution in [2.45, 2.75) is 11.3 Å². The third-order valence-electron chi connectivity index (χ3n) is 2.06. The molecule has 1 heterocycles. The summed E-state index contributed by atoms with van der Waals surface area (Å²) < 4.78 is 25.7. The van der Waals surface area contributed by atoms with E-state index in [2.05, 4.69) is 9.97 Å². The summed E-state index contributed by atoms with van der Waals surface area (Å²) in [5.41, 5.74) is 0.734. The molecule has 0 radical (unpaired) electrons. The summed E-state index contributed by atoms with van der Waals surface area (Å²) in [6, 6.07) is 3.34. The van der Waals surface area contributed by atoms with Gasteiger partial charge in [0.15, 0.2) is 0 Å². The van der Waals surface area contributed by atoms with Gasteiger partial charge in [-0.2, -0.15) is 0 Å². The smallest absolute Gasteiger partial charge is 0.267 e. The number of benzene rings is 1. The predicted molar refractivity (Wildman–Crippen MR) is 57.8 cm³/mol. The van der Waals surface area contributed by atoms with E-state index in [4.69, 9.17) is 11.6 Å². The molecule has 2 aromatic rings. The Morgan fingerprint density at radius 1 is 1.47 bits per heavy atom. The van der Waals surface area contributed by atoms with E-state index in [9.17, 15) is 8.78 Å². The van der Waals surface area contributed by atoms with Gasteiger partial charge in [-0.25, -0.2) is 13.8 Å². The maximum Gasteiger partial charge on any atom is 0.267 e.